The van der Waals surface area contributed by atoms with Gasteiger partial charge in [-0.3, -0.25) is 4.79 Å². The van der Waals surface area contributed by atoms with Gasteiger partial charge in [0.1, 0.15) is 0 Å². The number of hydrogen-bond donors (Lipinski definition) is 1. The van der Waals surface area contributed by atoms with Crippen molar-refractivity contribution in [3.63, 3.8) is 0 Å². The topological polar surface area (TPSA) is 32.3 Å². The monoisotopic (exact) mass is 316 g/mol. The van der Waals surface area contributed by atoms with Gasteiger partial charge < -0.3 is 10.2 Å². The van der Waals surface area contributed by atoms with Gasteiger partial charge in [0.05, 0.1) is 17.9 Å². The molecule has 2 aromatic rings. The molecule has 3 rings (SSSR count). The van der Waals surface area contributed by atoms with Gasteiger partial charge in [0.25, 0.3) is 0 Å². The van der Waals surface area contributed by atoms with Crippen LogP contribution in [-0.2, 0) is 11.3 Å². The molecule has 0 bridgehead atoms. The van der Waals surface area contributed by atoms with Crippen molar-refractivity contribution < 1.29 is 4.79 Å². The van der Waals surface area contributed by atoms with E-state index in [2.05, 4.69) is 38.3 Å². The SMILES string of the molecule is O=C1CN(Cc2ccccc2)c2cc(Br)ccc2N1. The number of nitrogens with zero attached hydrogens (tertiary/aromatic N) is 1. The number of fused-ring (bicyclic) bond motifs is 1. The van der Waals surface area contributed by atoms with Gasteiger partial charge in [-0.05, 0) is 23.8 Å². The molecule has 19 heavy (non-hydrogen) atoms. The Labute approximate surface area is 120 Å². The fourth-order valence-electron chi connectivity index (χ4n) is 2.27. The first-order chi connectivity index (χ1) is 9.22. The zero-order chi connectivity index (χ0) is 13.2. The van der Waals surface area contributed by atoms with E-state index in [9.17, 15) is 4.79 Å². The molecular weight excluding hydrogens is 304 g/mol. The lowest BCUT2D eigenvalue weighted by molar-refractivity contribution is -0.115. The summed E-state index contributed by atoms with van der Waals surface area (Å²) in [4.78, 5) is 13.8. The Morgan fingerprint density at radius 3 is 2.74 bits per heavy atom. The van der Waals surface area contributed by atoms with E-state index in [0.29, 0.717) is 6.54 Å². The average molecular weight is 317 g/mol. The minimum atomic E-state index is 0.0331. The molecule has 1 aliphatic heterocycles. The number of anilines is 2. The first-order valence-electron chi connectivity index (χ1n) is 6.10. The lowest BCUT2D eigenvalue weighted by Crippen LogP contribution is -2.37. The third-order valence-electron chi connectivity index (χ3n) is 3.13. The first kappa shape index (κ1) is 12.2. The average Bonchev–Trinajstić information content (AvgIpc) is 2.41. The van der Waals surface area contributed by atoms with Gasteiger partial charge in [0.15, 0.2) is 0 Å². The van der Waals surface area contributed by atoms with Crippen LogP contribution in [0.1, 0.15) is 5.56 Å². The van der Waals surface area contributed by atoms with Gasteiger partial charge in [-0.2, -0.15) is 0 Å². The molecule has 3 nitrogen and oxygen atoms in total. The van der Waals surface area contributed by atoms with Gasteiger partial charge in [0, 0.05) is 11.0 Å². The zero-order valence-corrected chi connectivity index (χ0v) is 11.9. The third kappa shape index (κ3) is 2.63. The molecule has 0 atom stereocenters. The summed E-state index contributed by atoms with van der Waals surface area (Å²) < 4.78 is 1.01. The van der Waals surface area contributed by atoms with Crippen molar-refractivity contribution in [3.8, 4) is 0 Å². The van der Waals surface area contributed by atoms with Crippen LogP contribution in [0.5, 0.6) is 0 Å². The molecule has 0 radical (unpaired) electrons. The number of halogens is 1. The Balaban J connectivity index is 1.94. The van der Waals surface area contributed by atoms with Gasteiger partial charge in [0.2, 0.25) is 5.91 Å². The fraction of sp³-hybridized carbons (Fsp3) is 0.133. The molecule has 0 spiro atoms. The molecule has 1 heterocycles. The summed E-state index contributed by atoms with van der Waals surface area (Å²) in [6.07, 6.45) is 0. The lowest BCUT2D eigenvalue weighted by Gasteiger charge is -2.31. The second kappa shape index (κ2) is 5.05. The quantitative estimate of drug-likeness (QED) is 0.921. The molecule has 0 aliphatic carbocycles. The summed E-state index contributed by atoms with van der Waals surface area (Å²) in [7, 11) is 0. The molecular formula is C15H13BrN2O. The van der Waals surface area contributed by atoms with E-state index in [-0.39, 0.29) is 5.91 Å². The standard InChI is InChI=1S/C15H13BrN2O/c16-12-6-7-13-14(8-12)18(10-15(19)17-13)9-11-4-2-1-3-5-11/h1-8H,9-10H2,(H,17,19). The minimum absolute atomic E-state index is 0.0331. The van der Waals surface area contributed by atoms with Crippen LogP contribution in [0.3, 0.4) is 0 Å². The molecule has 0 saturated heterocycles. The summed E-state index contributed by atoms with van der Waals surface area (Å²) in [6, 6.07) is 16.1. The van der Waals surface area contributed by atoms with Crippen LogP contribution in [0.25, 0.3) is 0 Å². The molecule has 0 saturated carbocycles. The van der Waals surface area contributed by atoms with Crippen LogP contribution in [0.15, 0.2) is 53.0 Å². The summed E-state index contributed by atoms with van der Waals surface area (Å²) in [5, 5.41) is 2.90. The maximum absolute atomic E-state index is 11.7. The second-order valence-electron chi connectivity index (χ2n) is 4.55. The first-order valence-corrected chi connectivity index (χ1v) is 6.90. The highest BCUT2D eigenvalue weighted by molar-refractivity contribution is 9.10. The van der Waals surface area contributed by atoms with Crippen LogP contribution in [0.2, 0.25) is 0 Å². The van der Waals surface area contributed by atoms with Crippen LogP contribution in [0.4, 0.5) is 11.4 Å². The Morgan fingerprint density at radius 1 is 1.16 bits per heavy atom. The normalized spacial score (nSPS) is 13.9. The van der Waals surface area contributed by atoms with Crippen molar-refractivity contribution in [1.82, 2.24) is 0 Å². The summed E-state index contributed by atoms with van der Waals surface area (Å²) in [5.74, 6) is 0.0331. The maximum Gasteiger partial charge on any atom is 0.243 e. The van der Waals surface area contributed by atoms with Crippen molar-refractivity contribution in [2.75, 3.05) is 16.8 Å². The maximum atomic E-state index is 11.7. The van der Waals surface area contributed by atoms with E-state index in [1.54, 1.807) is 0 Å². The van der Waals surface area contributed by atoms with E-state index >= 15 is 0 Å². The second-order valence-corrected chi connectivity index (χ2v) is 5.47. The summed E-state index contributed by atoms with van der Waals surface area (Å²) in [5.41, 5.74) is 3.12. The van der Waals surface area contributed by atoms with Crippen LogP contribution in [0, 0.1) is 0 Å². The smallest absolute Gasteiger partial charge is 0.243 e. The lowest BCUT2D eigenvalue weighted by atomic mass is 10.1. The molecule has 96 valence electrons. The van der Waals surface area contributed by atoms with E-state index in [1.807, 2.05) is 36.4 Å². The van der Waals surface area contributed by atoms with Crippen molar-refractivity contribution in [2.45, 2.75) is 6.54 Å². The highest BCUT2D eigenvalue weighted by Crippen LogP contribution is 2.33. The minimum Gasteiger partial charge on any atom is -0.356 e. The largest absolute Gasteiger partial charge is 0.356 e. The molecule has 4 heteroatoms. The number of nitrogens with one attached hydrogen (secondary N) is 1. The van der Waals surface area contributed by atoms with E-state index < -0.39 is 0 Å². The number of carbonyl (C=O) groups is 1. The van der Waals surface area contributed by atoms with Crippen molar-refractivity contribution in [2.24, 2.45) is 0 Å². The summed E-state index contributed by atoms with van der Waals surface area (Å²) in [6.45, 7) is 1.12. The summed E-state index contributed by atoms with van der Waals surface area (Å²) >= 11 is 3.48. The predicted octanol–water partition coefficient (Wildman–Crippen LogP) is 3.41. The Kier molecular flexibility index (Phi) is 3.25. The molecule has 1 amide bonds. The molecule has 0 unspecified atom stereocenters. The van der Waals surface area contributed by atoms with Crippen LogP contribution in [-0.4, -0.2) is 12.5 Å². The van der Waals surface area contributed by atoms with E-state index in [4.69, 9.17) is 0 Å². The van der Waals surface area contributed by atoms with Crippen LogP contribution >= 0.6 is 15.9 Å². The highest BCUT2D eigenvalue weighted by atomic mass is 79.9. The predicted molar refractivity (Wildman–Crippen MR) is 80.3 cm³/mol. The van der Waals surface area contributed by atoms with Crippen molar-refractivity contribution in [3.05, 3.63) is 58.6 Å². The third-order valence-corrected chi connectivity index (χ3v) is 3.62. The van der Waals surface area contributed by atoms with Gasteiger partial charge >= 0.3 is 0 Å². The van der Waals surface area contributed by atoms with E-state index in [1.165, 1.54) is 5.56 Å². The van der Waals surface area contributed by atoms with Crippen molar-refractivity contribution in [1.29, 1.82) is 0 Å². The zero-order valence-electron chi connectivity index (χ0n) is 10.3. The Bertz CT molecular complexity index is 613. The Hall–Kier alpha value is -1.81. The van der Waals surface area contributed by atoms with Crippen molar-refractivity contribution >= 4 is 33.2 Å². The van der Waals surface area contributed by atoms with Gasteiger partial charge in [-0.1, -0.05) is 46.3 Å². The number of amides is 1. The Morgan fingerprint density at radius 2 is 1.95 bits per heavy atom. The van der Waals surface area contributed by atoms with Gasteiger partial charge in [-0.15, -0.1) is 0 Å². The molecule has 0 aromatic heterocycles. The molecule has 2 aromatic carbocycles. The fourth-order valence-corrected chi connectivity index (χ4v) is 2.61. The molecule has 1 aliphatic rings. The van der Waals surface area contributed by atoms with Gasteiger partial charge in [-0.25, -0.2) is 0 Å². The number of benzene rings is 2. The number of hydrogen-bond acceptors (Lipinski definition) is 2. The number of carbonyl (C=O) groups excluding carboxylic acids is 1. The highest BCUT2D eigenvalue weighted by Gasteiger charge is 2.21. The molecule has 1 N–H and O–H groups in total. The molecule has 0 fully saturated rings. The van der Waals surface area contributed by atoms with E-state index in [0.717, 1.165) is 22.4 Å². The van der Waals surface area contributed by atoms with Crippen LogP contribution < -0.4 is 10.2 Å². The number of rotatable bonds is 2.